The molecule has 11 nitrogen and oxygen atoms in total. The van der Waals surface area contributed by atoms with Crippen LogP contribution >= 0.6 is 0 Å². The molecule has 1 heterocycles. The summed E-state index contributed by atoms with van der Waals surface area (Å²) < 4.78 is 6.10. The summed E-state index contributed by atoms with van der Waals surface area (Å²) in [5.41, 5.74) is 6.48. The Morgan fingerprint density at radius 2 is 1.66 bits per heavy atom. The molecule has 0 saturated carbocycles. The van der Waals surface area contributed by atoms with Crippen LogP contribution in [-0.2, 0) is 22.6 Å². The second kappa shape index (κ2) is 12.2. The highest BCUT2D eigenvalue weighted by molar-refractivity contribution is 5.96. The molecule has 5 N–H and O–H groups in total. The van der Waals surface area contributed by atoms with Gasteiger partial charge in [-0.1, -0.05) is 60.7 Å². The standard InChI is InChI=1S/C24H28N6O5/c1-35-13-12-26-23(33)27-19(31)16-29(14-17-8-4-2-5-9-17)20-21(25)30(24(34)28-22(20)32)15-18-10-6-3-7-11-18/h2-11H,12-16,25H2,1H3,(H,28,32,34)(H2,26,27,31,33). The van der Waals surface area contributed by atoms with Gasteiger partial charge >= 0.3 is 11.7 Å². The number of ether oxygens (including phenoxy) is 1. The second-order valence-corrected chi connectivity index (χ2v) is 7.70. The van der Waals surface area contributed by atoms with Crippen molar-refractivity contribution in [1.29, 1.82) is 0 Å². The average molecular weight is 481 g/mol. The summed E-state index contributed by atoms with van der Waals surface area (Å²) in [6.07, 6.45) is 0. The molecule has 3 aromatic rings. The Morgan fingerprint density at radius 3 is 2.29 bits per heavy atom. The molecule has 3 amide bonds. The Kier molecular flexibility index (Phi) is 8.79. The van der Waals surface area contributed by atoms with Gasteiger partial charge in [0.2, 0.25) is 5.91 Å². The van der Waals surface area contributed by atoms with Crippen molar-refractivity contribution in [2.45, 2.75) is 13.1 Å². The molecule has 0 radical (unpaired) electrons. The molecule has 2 aromatic carbocycles. The number of amides is 3. The van der Waals surface area contributed by atoms with E-state index >= 15 is 0 Å². The van der Waals surface area contributed by atoms with Gasteiger partial charge in [-0.3, -0.25) is 24.5 Å². The Labute approximate surface area is 201 Å². The van der Waals surface area contributed by atoms with E-state index < -0.39 is 23.2 Å². The van der Waals surface area contributed by atoms with Crippen molar-refractivity contribution in [2.75, 3.05) is 37.4 Å². The van der Waals surface area contributed by atoms with Crippen LogP contribution in [-0.4, -0.2) is 48.3 Å². The normalized spacial score (nSPS) is 10.5. The highest BCUT2D eigenvalue weighted by atomic mass is 16.5. The average Bonchev–Trinajstić information content (AvgIpc) is 2.83. The SMILES string of the molecule is COCCNC(=O)NC(=O)CN(Cc1ccccc1)c1c(N)n(Cc2ccccc2)c(=O)[nH]c1=O. The number of urea groups is 1. The Balaban J connectivity index is 1.92. The predicted molar refractivity (Wildman–Crippen MR) is 132 cm³/mol. The van der Waals surface area contributed by atoms with Crippen molar-refractivity contribution in [3.05, 3.63) is 92.6 Å². The molecule has 11 heteroatoms. The van der Waals surface area contributed by atoms with Crippen LogP contribution in [0.2, 0.25) is 0 Å². The first-order valence-corrected chi connectivity index (χ1v) is 10.9. The van der Waals surface area contributed by atoms with Gasteiger partial charge in [0.05, 0.1) is 19.7 Å². The van der Waals surface area contributed by atoms with E-state index in [9.17, 15) is 19.2 Å². The van der Waals surface area contributed by atoms with Crippen molar-refractivity contribution in [2.24, 2.45) is 0 Å². The number of carbonyl (C=O) groups excluding carboxylic acids is 2. The zero-order valence-electron chi connectivity index (χ0n) is 19.3. The summed E-state index contributed by atoms with van der Waals surface area (Å²) in [4.78, 5) is 53.8. The number of aromatic amines is 1. The first-order valence-electron chi connectivity index (χ1n) is 10.9. The molecular formula is C24H28N6O5. The maximum atomic E-state index is 12.9. The fourth-order valence-corrected chi connectivity index (χ4v) is 3.47. The van der Waals surface area contributed by atoms with E-state index in [4.69, 9.17) is 10.5 Å². The van der Waals surface area contributed by atoms with Gasteiger partial charge < -0.3 is 20.7 Å². The number of carbonyl (C=O) groups is 2. The van der Waals surface area contributed by atoms with Gasteiger partial charge in [-0.05, 0) is 11.1 Å². The van der Waals surface area contributed by atoms with Crippen molar-refractivity contribution in [3.63, 3.8) is 0 Å². The highest BCUT2D eigenvalue weighted by Gasteiger charge is 2.22. The van der Waals surface area contributed by atoms with Gasteiger partial charge in [0.1, 0.15) is 11.5 Å². The maximum absolute atomic E-state index is 12.9. The number of H-pyrrole nitrogens is 1. The highest BCUT2D eigenvalue weighted by Crippen LogP contribution is 2.20. The first kappa shape index (κ1) is 25.2. The molecule has 184 valence electrons. The number of rotatable bonds is 10. The third kappa shape index (κ3) is 7.05. The van der Waals surface area contributed by atoms with Crippen LogP contribution in [0.1, 0.15) is 11.1 Å². The van der Waals surface area contributed by atoms with Crippen LogP contribution in [0.4, 0.5) is 16.3 Å². The molecule has 0 saturated heterocycles. The fraction of sp³-hybridized carbons (Fsp3) is 0.250. The van der Waals surface area contributed by atoms with E-state index in [0.717, 1.165) is 11.1 Å². The Morgan fingerprint density at radius 1 is 1.03 bits per heavy atom. The second-order valence-electron chi connectivity index (χ2n) is 7.70. The van der Waals surface area contributed by atoms with Crippen LogP contribution in [0.5, 0.6) is 0 Å². The predicted octanol–water partition coefficient (Wildman–Crippen LogP) is 0.646. The van der Waals surface area contributed by atoms with E-state index in [1.54, 1.807) is 0 Å². The summed E-state index contributed by atoms with van der Waals surface area (Å²) in [5, 5.41) is 4.71. The number of hydrogen-bond acceptors (Lipinski definition) is 7. The first-order chi connectivity index (χ1) is 16.9. The van der Waals surface area contributed by atoms with Gasteiger partial charge in [-0.25, -0.2) is 9.59 Å². The molecule has 0 aliphatic heterocycles. The number of nitrogens with zero attached hydrogens (tertiary/aromatic N) is 2. The number of anilines is 2. The van der Waals surface area contributed by atoms with Gasteiger partial charge in [0.25, 0.3) is 5.56 Å². The van der Waals surface area contributed by atoms with E-state index in [1.165, 1.54) is 16.6 Å². The number of hydrogen-bond donors (Lipinski definition) is 4. The monoisotopic (exact) mass is 480 g/mol. The maximum Gasteiger partial charge on any atom is 0.330 e. The molecule has 0 fully saturated rings. The molecule has 0 aliphatic rings. The molecule has 0 bridgehead atoms. The molecule has 0 atom stereocenters. The van der Waals surface area contributed by atoms with E-state index in [-0.39, 0.29) is 44.3 Å². The van der Waals surface area contributed by atoms with Crippen LogP contribution in [0.25, 0.3) is 0 Å². The van der Waals surface area contributed by atoms with Crippen LogP contribution in [0.3, 0.4) is 0 Å². The van der Waals surface area contributed by atoms with Crippen LogP contribution in [0.15, 0.2) is 70.3 Å². The van der Waals surface area contributed by atoms with Crippen molar-refractivity contribution in [3.8, 4) is 0 Å². The minimum atomic E-state index is -0.731. The lowest BCUT2D eigenvalue weighted by molar-refractivity contribution is -0.118. The number of methoxy groups -OCH3 is 1. The zero-order chi connectivity index (χ0) is 25.2. The minimum absolute atomic E-state index is 0.0423. The van der Waals surface area contributed by atoms with Crippen molar-refractivity contribution >= 4 is 23.4 Å². The van der Waals surface area contributed by atoms with E-state index in [1.807, 2.05) is 60.7 Å². The smallest absolute Gasteiger partial charge is 0.330 e. The third-order valence-corrected chi connectivity index (χ3v) is 5.11. The number of imide groups is 1. The summed E-state index contributed by atoms with van der Waals surface area (Å²) >= 11 is 0. The zero-order valence-corrected chi connectivity index (χ0v) is 19.3. The van der Waals surface area contributed by atoms with Crippen LogP contribution in [0, 0.1) is 0 Å². The summed E-state index contributed by atoms with van der Waals surface area (Å²) in [6.45, 7) is 0.416. The van der Waals surface area contributed by atoms with Crippen molar-refractivity contribution in [1.82, 2.24) is 20.2 Å². The number of nitrogens with one attached hydrogen (secondary N) is 3. The van der Waals surface area contributed by atoms with Gasteiger partial charge in [0, 0.05) is 20.2 Å². The lowest BCUT2D eigenvalue weighted by Crippen LogP contribution is -2.47. The third-order valence-electron chi connectivity index (χ3n) is 5.11. The van der Waals surface area contributed by atoms with Gasteiger partial charge in [0.15, 0.2) is 0 Å². The molecule has 0 aliphatic carbocycles. The molecule has 35 heavy (non-hydrogen) atoms. The number of aromatic nitrogens is 2. The van der Waals surface area contributed by atoms with Crippen molar-refractivity contribution < 1.29 is 14.3 Å². The lowest BCUT2D eigenvalue weighted by atomic mass is 10.2. The summed E-state index contributed by atoms with van der Waals surface area (Å²) in [5.74, 6) is -0.744. The van der Waals surface area contributed by atoms with E-state index in [0.29, 0.717) is 0 Å². The number of benzene rings is 2. The van der Waals surface area contributed by atoms with Gasteiger partial charge in [-0.2, -0.15) is 0 Å². The lowest BCUT2D eigenvalue weighted by Gasteiger charge is -2.26. The Hall–Kier alpha value is -4.38. The van der Waals surface area contributed by atoms with E-state index in [2.05, 4.69) is 15.6 Å². The fourth-order valence-electron chi connectivity index (χ4n) is 3.47. The number of nitrogens with two attached hydrogens (primary N) is 1. The van der Waals surface area contributed by atoms with Gasteiger partial charge in [-0.15, -0.1) is 0 Å². The molecule has 3 rings (SSSR count). The number of nitrogen functional groups attached to an aromatic ring is 1. The quantitative estimate of drug-likeness (QED) is 0.311. The molecular weight excluding hydrogens is 452 g/mol. The van der Waals surface area contributed by atoms with Crippen LogP contribution < -0.4 is 32.5 Å². The minimum Gasteiger partial charge on any atom is -0.383 e. The molecule has 0 unspecified atom stereocenters. The Bertz CT molecular complexity index is 1260. The summed E-state index contributed by atoms with van der Waals surface area (Å²) in [6, 6.07) is 17.6. The molecule has 0 spiro atoms. The topological polar surface area (TPSA) is 152 Å². The largest absolute Gasteiger partial charge is 0.383 e. The molecule has 1 aromatic heterocycles. The summed E-state index contributed by atoms with van der Waals surface area (Å²) in [7, 11) is 1.49.